The molecule has 1 aromatic rings. The Balaban J connectivity index is 1.94. The van der Waals surface area contributed by atoms with E-state index in [9.17, 15) is 5.11 Å². The van der Waals surface area contributed by atoms with Crippen LogP contribution in [0.1, 0.15) is 39.5 Å². The van der Waals surface area contributed by atoms with E-state index in [1.54, 1.807) is 12.4 Å². The maximum atomic E-state index is 9.93. The van der Waals surface area contributed by atoms with Gasteiger partial charge in [-0.15, -0.1) is 0 Å². The van der Waals surface area contributed by atoms with E-state index in [0.717, 1.165) is 25.7 Å². The van der Waals surface area contributed by atoms with Crippen LogP contribution < -0.4 is 10.1 Å². The van der Waals surface area contributed by atoms with E-state index in [4.69, 9.17) is 4.74 Å². The second-order valence-corrected chi connectivity index (χ2v) is 5.55. The molecule has 2 rings (SSSR count). The highest BCUT2D eigenvalue weighted by Crippen LogP contribution is 2.22. The van der Waals surface area contributed by atoms with Gasteiger partial charge in [-0.05, 0) is 18.8 Å². The maximum Gasteiger partial charge on any atom is 0.234 e. The van der Waals surface area contributed by atoms with E-state index in [1.807, 2.05) is 0 Å². The van der Waals surface area contributed by atoms with Crippen molar-refractivity contribution in [1.82, 2.24) is 9.97 Å². The molecule has 0 bridgehead atoms. The average molecular weight is 265 g/mol. The molecule has 1 aromatic heterocycles. The van der Waals surface area contributed by atoms with Crippen molar-refractivity contribution in [1.29, 1.82) is 0 Å². The van der Waals surface area contributed by atoms with Gasteiger partial charge < -0.3 is 15.2 Å². The van der Waals surface area contributed by atoms with Gasteiger partial charge in [0.15, 0.2) is 0 Å². The number of nitrogens with zero attached hydrogens (tertiary/aromatic N) is 2. The Kier molecular flexibility index (Phi) is 4.96. The molecule has 1 heterocycles. The summed E-state index contributed by atoms with van der Waals surface area (Å²) in [5.74, 6) is 1.66. The van der Waals surface area contributed by atoms with Crippen molar-refractivity contribution >= 4 is 5.82 Å². The maximum absolute atomic E-state index is 9.93. The molecule has 0 radical (unpaired) electrons. The largest absolute Gasteiger partial charge is 0.476 e. The van der Waals surface area contributed by atoms with Crippen LogP contribution >= 0.6 is 0 Å². The number of aromatic nitrogens is 2. The Morgan fingerprint density at radius 1 is 1.37 bits per heavy atom. The summed E-state index contributed by atoms with van der Waals surface area (Å²) in [6.45, 7) is 4.81. The van der Waals surface area contributed by atoms with Crippen LogP contribution in [0.3, 0.4) is 0 Å². The molecule has 0 unspecified atom stereocenters. The lowest BCUT2D eigenvalue weighted by atomic mass is 9.93. The molecular formula is C14H23N3O2. The van der Waals surface area contributed by atoms with E-state index < -0.39 is 0 Å². The molecule has 5 heteroatoms. The Bertz CT molecular complexity index is 398. The van der Waals surface area contributed by atoms with Gasteiger partial charge >= 0.3 is 0 Å². The number of anilines is 1. The van der Waals surface area contributed by atoms with Crippen LogP contribution in [0.4, 0.5) is 5.82 Å². The molecule has 0 amide bonds. The quantitative estimate of drug-likeness (QED) is 0.854. The minimum Gasteiger partial charge on any atom is -0.476 e. The van der Waals surface area contributed by atoms with Crippen LogP contribution in [0.15, 0.2) is 12.4 Å². The minimum absolute atomic E-state index is 0.0726. The van der Waals surface area contributed by atoms with Crippen molar-refractivity contribution in [2.45, 2.75) is 51.7 Å². The fourth-order valence-corrected chi connectivity index (χ4v) is 2.21. The molecule has 2 atom stereocenters. The van der Waals surface area contributed by atoms with Gasteiger partial charge in [-0.25, -0.2) is 0 Å². The number of hydrogen-bond acceptors (Lipinski definition) is 5. The lowest BCUT2D eigenvalue weighted by Gasteiger charge is -2.28. The molecule has 1 aliphatic rings. The molecule has 0 aliphatic heterocycles. The third-order valence-corrected chi connectivity index (χ3v) is 3.24. The number of ether oxygens (including phenoxy) is 1. The van der Waals surface area contributed by atoms with Gasteiger partial charge in [-0.1, -0.05) is 26.7 Å². The van der Waals surface area contributed by atoms with Crippen molar-refractivity contribution in [3.05, 3.63) is 12.4 Å². The van der Waals surface area contributed by atoms with E-state index in [2.05, 4.69) is 29.1 Å². The van der Waals surface area contributed by atoms with Crippen LogP contribution in [0.2, 0.25) is 0 Å². The van der Waals surface area contributed by atoms with Gasteiger partial charge in [0.05, 0.1) is 31.1 Å². The molecule has 1 fully saturated rings. The van der Waals surface area contributed by atoms with Gasteiger partial charge in [0.1, 0.15) is 5.82 Å². The van der Waals surface area contributed by atoms with E-state index in [0.29, 0.717) is 24.2 Å². The van der Waals surface area contributed by atoms with Crippen molar-refractivity contribution in [3.8, 4) is 5.88 Å². The van der Waals surface area contributed by atoms with Gasteiger partial charge in [0.2, 0.25) is 5.88 Å². The van der Waals surface area contributed by atoms with E-state index in [1.165, 1.54) is 0 Å². The molecule has 5 nitrogen and oxygen atoms in total. The second-order valence-electron chi connectivity index (χ2n) is 5.55. The van der Waals surface area contributed by atoms with Crippen LogP contribution in [0.25, 0.3) is 0 Å². The topological polar surface area (TPSA) is 67.3 Å². The van der Waals surface area contributed by atoms with Crippen molar-refractivity contribution in [2.24, 2.45) is 5.92 Å². The van der Waals surface area contributed by atoms with E-state index >= 15 is 0 Å². The predicted octanol–water partition coefficient (Wildman–Crippen LogP) is 2.23. The summed E-state index contributed by atoms with van der Waals surface area (Å²) in [5, 5.41) is 13.2. The van der Waals surface area contributed by atoms with Crippen LogP contribution in [-0.4, -0.2) is 33.8 Å². The number of aliphatic hydroxyl groups excluding tert-OH is 1. The van der Waals surface area contributed by atoms with Crippen LogP contribution in [0, 0.1) is 5.92 Å². The van der Waals surface area contributed by atoms with Crippen molar-refractivity contribution in [3.63, 3.8) is 0 Å². The summed E-state index contributed by atoms with van der Waals surface area (Å²) in [7, 11) is 0. The lowest BCUT2D eigenvalue weighted by molar-refractivity contribution is 0.116. The Hall–Kier alpha value is -1.36. The number of rotatable bonds is 5. The molecule has 1 aliphatic carbocycles. The van der Waals surface area contributed by atoms with E-state index in [-0.39, 0.29) is 12.1 Å². The van der Waals surface area contributed by atoms with Gasteiger partial charge in [-0.2, -0.15) is 4.98 Å². The number of hydrogen-bond donors (Lipinski definition) is 2. The summed E-state index contributed by atoms with van der Waals surface area (Å²) in [6, 6.07) is 0.0726. The molecule has 106 valence electrons. The van der Waals surface area contributed by atoms with Crippen LogP contribution in [0.5, 0.6) is 5.88 Å². The number of aliphatic hydroxyl groups is 1. The third-order valence-electron chi connectivity index (χ3n) is 3.24. The highest BCUT2D eigenvalue weighted by molar-refractivity contribution is 5.35. The fraction of sp³-hybridized carbons (Fsp3) is 0.714. The minimum atomic E-state index is -0.296. The smallest absolute Gasteiger partial charge is 0.234 e. The average Bonchev–Trinajstić information content (AvgIpc) is 2.40. The Morgan fingerprint density at radius 3 is 2.89 bits per heavy atom. The summed E-state index contributed by atoms with van der Waals surface area (Å²) < 4.78 is 5.55. The van der Waals surface area contributed by atoms with Gasteiger partial charge in [0, 0.05) is 0 Å². The lowest BCUT2D eigenvalue weighted by Crippen LogP contribution is -2.36. The second kappa shape index (κ2) is 6.70. The fourth-order valence-electron chi connectivity index (χ4n) is 2.21. The monoisotopic (exact) mass is 265 g/mol. The first-order valence-corrected chi connectivity index (χ1v) is 7.04. The summed E-state index contributed by atoms with van der Waals surface area (Å²) >= 11 is 0. The summed E-state index contributed by atoms with van der Waals surface area (Å²) in [5.41, 5.74) is 0. The molecule has 0 aromatic carbocycles. The summed E-state index contributed by atoms with van der Waals surface area (Å²) in [6.07, 6.45) is 7.06. The molecular weight excluding hydrogens is 242 g/mol. The molecule has 1 saturated carbocycles. The molecule has 0 spiro atoms. The van der Waals surface area contributed by atoms with Crippen molar-refractivity contribution in [2.75, 3.05) is 11.9 Å². The highest BCUT2D eigenvalue weighted by atomic mass is 16.5. The Labute approximate surface area is 114 Å². The zero-order chi connectivity index (χ0) is 13.7. The predicted molar refractivity (Wildman–Crippen MR) is 74.3 cm³/mol. The molecule has 2 N–H and O–H groups in total. The zero-order valence-electron chi connectivity index (χ0n) is 11.7. The first-order valence-electron chi connectivity index (χ1n) is 7.04. The third kappa shape index (κ3) is 4.35. The molecule has 0 saturated heterocycles. The first-order chi connectivity index (χ1) is 9.15. The first kappa shape index (κ1) is 14.1. The highest BCUT2D eigenvalue weighted by Gasteiger charge is 2.23. The summed E-state index contributed by atoms with van der Waals surface area (Å²) in [4.78, 5) is 8.49. The van der Waals surface area contributed by atoms with Gasteiger partial charge in [-0.3, -0.25) is 4.98 Å². The molecule has 19 heavy (non-hydrogen) atoms. The SMILES string of the molecule is CC(C)COc1cncc(N[C@H]2CCCC[C@@H]2O)n1. The van der Waals surface area contributed by atoms with Crippen molar-refractivity contribution < 1.29 is 9.84 Å². The zero-order valence-corrected chi connectivity index (χ0v) is 11.7. The Morgan fingerprint density at radius 2 is 2.16 bits per heavy atom. The number of nitrogens with one attached hydrogen (secondary N) is 1. The van der Waals surface area contributed by atoms with Gasteiger partial charge in [0.25, 0.3) is 0 Å². The normalized spacial score (nSPS) is 23.4. The van der Waals surface area contributed by atoms with Crippen LogP contribution in [-0.2, 0) is 0 Å². The standard InChI is InChI=1S/C14H23N3O2/c1-10(2)9-19-14-8-15-7-13(17-14)16-11-5-3-4-6-12(11)18/h7-8,10-12,18H,3-6,9H2,1-2H3,(H,16,17)/t11-,12-/m0/s1.